The van der Waals surface area contributed by atoms with Crippen molar-refractivity contribution in [2.75, 3.05) is 10.6 Å². The molecule has 0 spiro atoms. The standard InChI is InChI=1S/C18H20FN7OS/c19-10-8-9(16(21)27)17(23-13-6-3-7-14-15(13)26-28-25-14)24-18(10)22-12-5-2-1-4-11(12)20/h3,6-8,11-12H,1-2,4-5,20H2,(H2,21,27)(H2,22,23,24)/t11-,12?/m0/s1. The molecule has 1 aliphatic rings. The Morgan fingerprint density at radius 1 is 1.21 bits per heavy atom. The lowest BCUT2D eigenvalue weighted by Crippen LogP contribution is -2.43. The molecule has 2 aromatic heterocycles. The molecule has 8 nitrogen and oxygen atoms in total. The van der Waals surface area contributed by atoms with Gasteiger partial charge in [-0.25, -0.2) is 9.37 Å². The highest BCUT2D eigenvalue weighted by molar-refractivity contribution is 7.00. The minimum atomic E-state index is -0.779. The molecule has 10 heteroatoms. The Kier molecular flexibility index (Phi) is 5.05. The first-order valence-electron chi connectivity index (χ1n) is 9.03. The summed E-state index contributed by atoms with van der Waals surface area (Å²) in [5.41, 5.74) is 13.5. The summed E-state index contributed by atoms with van der Waals surface area (Å²) in [7, 11) is 0. The van der Waals surface area contributed by atoms with E-state index in [1.54, 1.807) is 12.1 Å². The van der Waals surface area contributed by atoms with Crippen LogP contribution >= 0.6 is 11.7 Å². The van der Waals surface area contributed by atoms with E-state index < -0.39 is 11.7 Å². The normalized spacial score (nSPS) is 19.5. The van der Waals surface area contributed by atoms with Crippen LogP contribution in [0.15, 0.2) is 24.3 Å². The van der Waals surface area contributed by atoms with Crippen molar-refractivity contribution < 1.29 is 9.18 Å². The van der Waals surface area contributed by atoms with E-state index in [0.717, 1.165) is 43.5 Å². The van der Waals surface area contributed by atoms with E-state index in [9.17, 15) is 9.18 Å². The molecule has 0 bridgehead atoms. The van der Waals surface area contributed by atoms with Gasteiger partial charge in [-0.3, -0.25) is 4.79 Å². The van der Waals surface area contributed by atoms with E-state index >= 15 is 0 Å². The summed E-state index contributed by atoms with van der Waals surface area (Å²) >= 11 is 1.08. The molecule has 0 aliphatic heterocycles. The number of nitrogens with zero attached hydrogens (tertiary/aromatic N) is 3. The Labute approximate surface area is 164 Å². The summed E-state index contributed by atoms with van der Waals surface area (Å²) in [5.74, 6) is -1.23. The lowest BCUT2D eigenvalue weighted by molar-refractivity contribution is 0.100. The number of halogens is 1. The maximum Gasteiger partial charge on any atom is 0.252 e. The summed E-state index contributed by atoms with van der Waals surface area (Å²) in [6.45, 7) is 0. The van der Waals surface area contributed by atoms with Crippen molar-refractivity contribution in [3.63, 3.8) is 0 Å². The van der Waals surface area contributed by atoms with E-state index in [1.165, 1.54) is 0 Å². The summed E-state index contributed by atoms with van der Waals surface area (Å²) in [6.07, 6.45) is 3.81. The van der Waals surface area contributed by atoms with Crippen molar-refractivity contribution >= 4 is 46.0 Å². The molecule has 146 valence electrons. The van der Waals surface area contributed by atoms with Gasteiger partial charge in [0, 0.05) is 12.1 Å². The number of nitrogens with one attached hydrogen (secondary N) is 2. The minimum Gasteiger partial charge on any atom is -0.365 e. The van der Waals surface area contributed by atoms with E-state index in [4.69, 9.17) is 11.5 Å². The van der Waals surface area contributed by atoms with Crippen LogP contribution in [0.25, 0.3) is 11.0 Å². The molecular weight excluding hydrogens is 381 g/mol. The van der Waals surface area contributed by atoms with Crippen molar-refractivity contribution in [2.45, 2.75) is 37.8 Å². The smallest absolute Gasteiger partial charge is 0.252 e. The molecule has 0 radical (unpaired) electrons. The summed E-state index contributed by atoms with van der Waals surface area (Å²) in [5, 5.41) is 6.15. The van der Waals surface area contributed by atoms with Gasteiger partial charge in [0.15, 0.2) is 11.6 Å². The van der Waals surface area contributed by atoms with E-state index in [1.807, 2.05) is 6.07 Å². The fourth-order valence-corrected chi connectivity index (χ4v) is 3.97. The van der Waals surface area contributed by atoms with Gasteiger partial charge >= 0.3 is 0 Å². The molecule has 4 rings (SSSR count). The number of pyridine rings is 1. The van der Waals surface area contributed by atoms with Crippen molar-refractivity contribution in [3.05, 3.63) is 35.6 Å². The van der Waals surface area contributed by atoms with E-state index in [0.29, 0.717) is 16.7 Å². The maximum absolute atomic E-state index is 14.6. The zero-order valence-corrected chi connectivity index (χ0v) is 15.8. The third-order valence-corrected chi connectivity index (χ3v) is 5.46. The zero-order chi connectivity index (χ0) is 19.7. The van der Waals surface area contributed by atoms with Crippen LogP contribution in [0.4, 0.5) is 21.7 Å². The first kappa shape index (κ1) is 18.5. The van der Waals surface area contributed by atoms with Crippen LogP contribution in [0.3, 0.4) is 0 Å². The zero-order valence-electron chi connectivity index (χ0n) is 15.0. The van der Waals surface area contributed by atoms with Gasteiger partial charge in [-0.15, -0.1) is 0 Å². The highest BCUT2D eigenvalue weighted by atomic mass is 32.1. The van der Waals surface area contributed by atoms with Crippen molar-refractivity contribution in [1.82, 2.24) is 13.7 Å². The van der Waals surface area contributed by atoms with Gasteiger partial charge in [0.2, 0.25) is 0 Å². The van der Waals surface area contributed by atoms with Gasteiger partial charge < -0.3 is 22.1 Å². The van der Waals surface area contributed by atoms with Crippen LogP contribution in [-0.4, -0.2) is 31.7 Å². The molecule has 3 aromatic rings. The fourth-order valence-electron chi connectivity index (χ4n) is 3.42. The number of rotatable bonds is 5. The Balaban J connectivity index is 1.70. The predicted octanol–water partition coefficient (Wildman–Crippen LogP) is 2.75. The number of amides is 1. The van der Waals surface area contributed by atoms with Gasteiger partial charge in [-0.1, -0.05) is 18.9 Å². The topological polar surface area (TPSA) is 132 Å². The lowest BCUT2D eigenvalue weighted by atomic mass is 9.91. The predicted molar refractivity (Wildman–Crippen MR) is 107 cm³/mol. The summed E-state index contributed by atoms with van der Waals surface area (Å²) in [6, 6.07) is 6.36. The van der Waals surface area contributed by atoms with Crippen LogP contribution in [0.1, 0.15) is 36.0 Å². The SMILES string of the molecule is NC(=O)c1cc(F)c(NC2CCCC[C@@H]2N)nc1Nc1cccc2nsnc12. The van der Waals surface area contributed by atoms with Crippen LogP contribution in [0.2, 0.25) is 0 Å². The molecule has 1 aromatic carbocycles. The molecule has 6 N–H and O–H groups in total. The number of hydrogen-bond acceptors (Lipinski definition) is 8. The third-order valence-electron chi connectivity index (χ3n) is 4.92. The Morgan fingerprint density at radius 2 is 2.04 bits per heavy atom. The lowest BCUT2D eigenvalue weighted by Gasteiger charge is -2.30. The van der Waals surface area contributed by atoms with Crippen molar-refractivity contribution in [3.8, 4) is 0 Å². The molecule has 1 saturated carbocycles. The number of anilines is 3. The first-order valence-corrected chi connectivity index (χ1v) is 9.76. The monoisotopic (exact) mass is 401 g/mol. The van der Waals surface area contributed by atoms with Crippen LogP contribution < -0.4 is 22.1 Å². The summed E-state index contributed by atoms with van der Waals surface area (Å²) < 4.78 is 23.0. The van der Waals surface area contributed by atoms with Gasteiger partial charge in [0.1, 0.15) is 16.9 Å². The Morgan fingerprint density at radius 3 is 2.82 bits per heavy atom. The number of primary amides is 1. The van der Waals surface area contributed by atoms with Gasteiger partial charge in [-0.05, 0) is 31.0 Å². The Bertz CT molecular complexity index is 1020. The number of nitrogens with two attached hydrogens (primary N) is 2. The van der Waals surface area contributed by atoms with Gasteiger partial charge in [-0.2, -0.15) is 8.75 Å². The quantitative estimate of drug-likeness (QED) is 0.517. The van der Waals surface area contributed by atoms with Crippen LogP contribution in [0.5, 0.6) is 0 Å². The summed E-state index contributed by atoms with van der Waals surface area (Å²) in [4.78, 5) is 16.2. The second kappa shape index (κ2) is 7.64. The average Bonchev–Trinajstić information content (AvgIpc) is 3.15. The number of carbonyl (C=O) groups excluding carboxylic acids is 1. The van der Waals surface area contributed by atoms with Gasteiger partial charge in [0.25, 0.3) is 5.91 Å². The number of benzene rings is 1. The largest absolute Gasteiger partial charge is 0.365 e. The van der Waals surface area contributed by atoms with E-state index in [-0.39, 0.29) is 29.3 Å². The molecule has 2 heterocycles. The second-order valence-corrected chi connectivity index (χ2v) is 7.37. The van der Waals surface area contributed by atoms with Crippen LogP contribution in [-0.2, 0) is 0 Å². The van der Waals surface area contributed by atoms with Crippen LogP contribution in [0, 0.1) is 5.82 Å². The highest BCUT2D eigenvalue weighted by Crippen LogP contribution is 2.29. The highest BCUT2D eigenvalue weighted by Gasteiger charge is 2.24. The number of aromatic nitrogens is 3. The number of hydrogen-bond donors (Lipinski definition) is 4. The minimum absolute atomic E-state index is 0.0402. The van der Waals surface area contributed by atoms with Crippen molar-refractivity contribution in [2.24, 2.45) is 11.5 Å². The first-order chi connectivity index (χ1) is 13.5. The number of carbonyl (C=O) groups is 1. The Hall–Kier alpha value is -2.85. The molecule has 1 amide bonds. The van der Waals surface area contributed by atoms with Gasteiger partial charge in [0.05, 0.1) is 23.0 Å². The molecule has 1 fully saturated rings. The fraction of sp³-hybridized carbons (Fsp3) is 0.333. The maximum atomic E-state index is 14.6. The molecular formula is C18H20FN7OS. The molecule has 1 unspecified atom stereocenters. The number of fused-ring (bicyclic) bond motifs is 1. The van der Waals surface area contributed by atoms with Crippen molar-refractivity contribution in [1.29, 1.82) is 0 Å². The molecule has 2 atom stereocenters. The molecule has 0 saturated heterocycles. The molecule has 28 heavy (non-hydrogen) atoms. The molecule has 1 aliphatic carbocycles. The third kappa shape index (κ3) is 3.60. The second-order valence-electron chi connectivity index (χ2n) is 6.84. The van der Waals surface area contributed by atoms with E-state index in [2.05, 4.69) is 24.4 Å². The average molecular weight is 401 g/mol.